The monoisotopic (exact) mass is 590 g/mol. The number of aromatic nitrogens is 3. The Labute approximate surface area is 266 Å². The zero-order valence-electron chi connectivity index (χ0n) is 25.3. The van der Waals surface area contributed by atoms with Gasteiger partial charge in [-0.1, -0.05) is 115 Å². The molecule has 4 aromatic carbocycles. The van der Waals surface area contributed by atoms with Crippen LogP contribution in [-0.2, 0) is 0 Å². The Bertz CT molecular complexity index is 2510. The minimum absolute atomic E-state index is 0.0109. The smallest absolute Gasteiger partial charge is 0.0972 e. The molecule has 2 aliphatic rings. The molecule has 1 atom stereocenters. The van der Waals surface area contributed by atoms with Gasteiger partial charge in [-0.15, -0.1) is 0 Å². The van der Waals surface area contributed by atoms with E-state index in [0.29, 0.717) is 0 Å². The summed E-state index contributed by atoms with van der Waals surface area (Å²) in [6.07, 6.45) is 11.8. The highest BCUT2D eigenvalue weighted by Crippen LogP contribution is 2.31. The molecule has 0 bridgehead atoms. The quantitative estimate of drug-likeness (QED) is 0.192. The summed E-state index contributed by atoms with van der Waals surface area (Å²) in [5.74, 6) is 0. The van der Waals surface area contributed by atoms with Crippen molar-refractivity contribution in [3.63, 3.8) is 0 Å². The fourth-order valence-corrected chi connectivity index (χ4v) is 6.75. The zero-order valence-corrected chi connectivity index (χ0v) is 25.3. The first kappa shape index (κ1) is 26.6. The lowest BCUT2D eigenvalue weighted by Gasteiger charge is -2.16. The van der Waals surface area contributed by atoms with Crippen LogP contribution >= 0.6 is 0 Å². The van der Waals surface area contributed by atoms with E-state index in [1.54, 1.807) is 0 Å². The van der Waals surface area contributed by atoms with Crippen LogP contribution < -0.4 is 10.6 Å². The van der Waals surface area contributed by atoms with Crippen LogP contribution in [0.5, 0.6) is 0 Å². The molecule has 46 heavy (non-hydrogen) atoms. The van der Waals surface area contributed by atoms with Gasteiger partial charge in [0.25, 0.3) is 0 Å². The highest BCUT2D eigenvalue weighted by molar-refractivity contribution is 6.04. The molecule has 0 fully saturated rings. The van der Waals surface area contributed by atoms with E-state index in [1.807, 2.05) is 18.2 Å². The fraction of sp³-hybridized carbons (Fsp3) is 0.0952. The first-order valence-electron chi connectivity index (χ1n) is 16.0. The summed E-state index contributed by atoms with van der Waals surface area (Å²) in [4.78, 5) is 20.8. The lowest BCUT2D eigenvalue weighted by molar-refractivity contribution is 0.725. The average Bonchev–Trinajstić information content (AvgIpc) is 3.14. The van der Waals surface area contributed by atoms with Gasteiger partial charge in [-0.05, 0) is 59.9 Å². The topological polar surface area (TPSA) is 51.0 Å². The van der Waals surface area contributed by atoms with Gasteiger partial charge in [0.2, 0.25) is 0 Å². The Balaban J connectivity index is 1.12. The summed E-state index contributed by atoms with van der Waals surface area (Å²) in [7, 11) is 0. The molecule has 0 saturated carbocycles. The second-order valence-corrected chi connectivity index (χ2v) is 12.1. The third kappa shape index (κ3) is 4.70. The van der Waals surface area contributed by atoms with Crippen molar-refractivity contribution in [3.8, 4) is 22.5 Å². The number of hydrogen-bond donors (Lipinski definition) is 0. The van der Waals surface area contributed by atoms with E-state index in [0.717, 1.165) is 90.8 Å². The summed E-state index contributed by atoms with van der Waals surface area (Å²) in [6.45, 7) is 0. The van der Waals surface area contributed by atoms with Gasteiger partial charge >= 0.3 is 0 Å². The third-order valence-corrected chi connectivity index (χ3v) is 9.21. The number of allylic oxidation sites excluding steroid dienone is 4. The molecule has 0 N–H and O–H groups in total. The standard InChI is InChI=1S/C42H30N4/c1-3-8-27(9-4-1)35-22-18-29-14-16-31-20-24-37(45-41(31)39(29)43-35)33-12-7-13-34(26-33)38-25-21-32-17-15-30-19-23-36(28-10-5-2-6-11-28)44-40(30)42(32)46-38/h1-5,7-10,12-24,26,38H,6,11,25H2. The molecule has 0 spiro atoms. The molecule has 4 heteroatoms. The lowest BCUT2D eigenvalue weighted by atomic mass is 9.97. The largest absolute Gasteiger partial charge is 0.274 e. The predicted octanol–water partition coefficient (Wildman–Crippen LogP) is 8.94. The molecule has 218 valence electrons. The zero-order chi connectivity index (χ0) is 30.5. The summed E-state index contributed by atoms with van der Waals surface area (Å²) in [5.41, 5.74) is 10.4. The number of rotatable bonds is 4. The van der Waals surface area contributed by atoms with Crippen molar-refractivity contribution in [2.45, 2.75) is 25.3 Å². The van der Waals surface area contributed by atoms with E-state index in [9.17, 15) is 0 Å². The molecule has 4 nitrogen and oxygen atoms in total. The minimum Gasteiger partial charge on any atom is -0.274 e. The Kier molecular flexibility index (Phi) is 6.38. The fourth-order valence-electron chi connectivity index (χ4n) is 6.75. The van der Waals surface area contributed by atoms with Gasteiger partial charge in [0, 0.05) is 27.3 Å². The molecule has 4 heterocycles. The van der Waals surface area contributed by atoms with Crippen LogP contribution in [0.25, 0.3) is 66.9 Å². The first-order chi connectivity index (χ1) is 22.8. The van der Waals surface area contributed by atoms with Crippen LogP contribution in [0, 0.1) is 0 Å². The summed E-state index contributed by atoms with van der Waals surface area (Å²) in [5, 5.41) is 5.44. The molecule has 1 aliphatic heterocycles. The highest BCUT2D eigenvalue weighted by Gasteiger charge is 2.16. The van der Waals surface area contributed by atoms with E-state index in [4.69, 9.17) is 19.9 Å². The maximum Gasteiger partial charge on any atom is 0.0972 e. The van der Waals surface area contributed by atoms with Crippen molar-refractivity contribution in [1.82, 2.24) is 15.0 Å². The molecule has 0 saturated heterocycles. The minimum atomic E-state index is 0.0109. The molecule has 7 aromatic rings. The van der Waals surface area contributed by atoms with Crippen molar-refractivity contribution >= 4 is 44.4 Å². The molecule has 1 aliphatic carbocycles. The van der Waals surface area contributed by atoms with Gasteiger partial charge in [0.15, 0.2) is 0 Å². The summed E-state index contributed by atoms with van der Waals surface area (Å²) in [6, 6.07) is 40.5. The van der Waals surface area contributed by atoms with E-state index < -0.39 is 0 Å². The number of benzene rings is 4. The van der Waals surface area contributed by atoms with Crippen LogP contribution in [0.2, 0.25) is 0 Å². The van der Waals surface area contributed by atoms with Gasteiger partial charge < -0.3 is 0 Å². The van der Waals surface area contributed by atoms with Crippen LogP contribution in [0.4, 0.5) is 0 Å². The van der Waals surface area contributed by atoms with E-state index >= 15 is 0 Å². The summed E-state index contributed by atoms with van der Waals surface area (Å²) >= 11 is 0. The normalized spacial score (nSPS) is 15.7. The van der Waals surface area contributed by atoms with E-state index in [2.05, 4.69) is 121 Å². The summed E-state index contributed by atoms with van der Waals surface area (Å²) < 4.78 is 0. The molecule has 0 amide bonds. The number of hydrogen-bond acceptors (Lipinski definition) is 4. The van der Waals surface area contributed by atoms with Crippen molar-refractivity contribution < 1.29 is 0 Å². The molecule has 9 rings (SSSR count). The van der Waals surface area contributed by atoms with E-state index in [-0.39, 0.29) is 6.04 Å². The van der Waals surface area contributed by atoms with Gasteiger partial charge in [-0.3, -0.25) is 4.99 Å². The van der Waals surface area contributed by atoms with Gasteiger partial charge in [-0.2, -0.15) is 0 Å². The van der Waals surface area contributed by atoms with E-state index in [1.165, 1.54) is 11.1 Å². The Morgan fingerprint density at radius 1 is 0.565 bits per heavy atom. The van der Waals surface area contributed by atoms with Crippen LogP contribution in [-0.4, -0.2) is 15.0 Å². The number of pyridine rings is 3. The molecule has 1 unspecified atom stereocenters. The Hall–Kier alpha value is -5.74. The second kappa shape index (κ2) is 11.0. The van der Waals surface area contributed by atoms with Crippen molar-refractivity contribution in [3.05, 3.63) is 155 Å². The molecule has 0 radical (unpaired) electrons. The molecular formula is C42H30N4. The van der Waals surface area contributed by atoms with Gasteiger partial charge in [0.05, 0.1) is 45.0 Å². The van der Waals surface area contributed by atoms with Crippen LogP contribution in [0.15, 0.2) is 138 Å². The lowest BCUT2D eigenvalue weighted by Crippen LogP contribution is -2.30. The Morgan fingerprint density at radius 3 is 1.98 bits per heavy atom. The van der Waals surface area contributed by atoms with Crippen molar-refractivity contribution in [2.75, 3.05) is 0 Å². The SMILES string of the molecule is C1=CCCC(c2ccc3ccc4c(c3n2)=NC(c2cccc(-c3ccc5ccc6ccc(-c7ccccc7)nc6c5n3)c2)CC=4)=C1. The first-order valence-corrected chi connectivity index (χ1v) is 16.0. The van der Waals surface area contributed by atoms with Crippen LogP contribution in [0.1, 0.15) is 36.6 Å². The highest BCUT2D eigenvalue weighted by atomic mass is 14.8. The predicted molar refractivity (Wildman–Crippen MR) is 189 cm³/mol. The maximum absolute atomic E-state index is 5.34. The van der Waals surface area contributed by atoms with Crippen molar-refractivity contribution in [2.24, 2.45) is 4.99 Å². The van der Waals surface area contributed by atoms with Crippen molar-refractivity contribution in [1.29, 1.82) is 0 Å². The van der Waals surface area contributed by atoms with Gasteiger partial charge in [-0.25, -0.2) is 15.0 Å². The van der Waals surface area contributed by atoms with Crippen LogP contribution in [0.3, 0.4) is 0 Å². The number of nitrogens with zero attached hydrogens (tertiary/aromatic N) is 4. The molecule has 3 aromatic heterocycles. The average molecular weight is 591 g/mol. The third-order valence-electron chi connectivity index (χ3n) is 9.21. The van der Waals surface area contributed by atoms with Gasteiger partial charge in [0.1, 0.15) is 0 Å². The number of fused-ring (bicyclic) bond motifs is 6. The maximum atomic E-state index is 5.34. The Morgan fingerprint density at radius 2 is 1.22 bits per heavy atom. The molecular weight excluding hydrogens is 560 g/mol. The second-order valence-electron chi connectivity index (χ2n) is 12.1.